The van der Waals surface area contributed by atoms with Crippen LogP contribution in [0.5, 0.6) is 0 Å². The van der Waals surface area contributed by atoms with Gasteiger partial charge in [0, 0.05) is 0 Å². The van der Waals surface area contributed by atoms with Crippen LogP contribution in [0, 0.1) is 11.3 Å². The van der Waals surface area contributed by atoms with Crippen molar-refractivity contribution in [2.45, 2.75) is 41.5 Å². The summed E-state index contributed by atoms with van der Waals surface area (Å²) in [5.41, 5.74) is 1.91. The molecule has 0 aromatic carbocycles. The van der Waals surface area contributed by atoms with Crippen LogP contribution in [0.3, 0.4) is 0 Å². The molecule has 0 heterocycles. The van der Waals surface area contributed by atoms with Crippen molar-refractivity contribution in [1.82, 2.24) is 0 Å². The smallest absolute Gasteiger partial charge is 0.0186 e. The maximum absolute atomic E-state index is 2.29. The largest absolute Gasteiger partial charge is 0.0884 e. The first-order valence-electron chi connectivity index (χ1n) is 4.02. The van der Waals surface area contributed by atoms with E-state index < -0.39 is 0 Å². The minimum atomic E-state index is 0.413. The van der Waals surface area contributed by atoms with Gasteiger partial charge in [0.05, 0.1) is 0 Å². The monoisotopic (exact) mass is 140 g/mol. The van der Waals surface area contributed by atoms with Crippen molar-refractivity contribution in [2.75, 3.05) is 0 Å². The van der Waals surface area contributed by atoms with E-state index in [2.05, 4.69) is 47.6 Å². The van der Waals surface area contributed by atoms with Gasteiger partial charge in [0.1, 0.15) is 0 Å². The van der Waals surface area contributed by atoms with E-state index in [1.807, 2.05) is 0 Å². The van der Waals surface area contributed by atoms with Crippen LogP contribution in [-0.4, -0.2) is 0 Å². The predicted octanol–water partition coefficient (Wildman–Crippen LogP) is 3.63. The summed E-state index contributed by atoms with van der Waals surface area (Å²) in [6.07, 6.45) is 2.20. The molecule has 0 N–H and O–H groups in total. The van der Waals surface area contributed by atoms with Crippen molar-refractivity contribution in [2.24, 2.45) is 11.3 Å². The lowest BCUT2D eigenvalue weighted by molar-refractivity contribution is 0.300. The first kappa shape index (κ1) is 9.74. The molecule has 0 bridgehead atoms. The van der Waals surface area contributed by atoms with Gasteiger partial charge >= 0.3 is 0 Å². The van der Waals surface area contributed by atoms with Crippen LogP contribution < -0.4 is 0 Å². The highest BCUT2D eigenvalue weighted by Crippen LogP contribution is 2.30. The van der Waals surface area contributed by atoms with E-state index in [1.54, 1.807) is 0 Å². The minimum Gasteiger partial charge on any atom is -0.0884 e. The van der Waals surface area contributed by atoms with Gasteiger partial charge in [0.2, 0.25) is 0 Å². The van der Waals surface area contributed by atoms with Gasteiger partial charge in [-0.1, -0.05) is 39.3 Å². The van der Waals surface area contributed by atoms with Gasteiger partial charge in [-0.25, -0.2) is 0 Å². The van der Waals surface area contributed by atoms with Crippen molar-refractivity contribution < 1.29 is 0 Å². The Balaban J connectivity index is 4.23. The summed E-state index contributed by atoms with van der Waals surface area (Å²) in [5.74, 6) is 0.692. The molecule has 0 aliphatic carbocycles. The second-order valence-corrected chi connectivity index (χ2v) is 4.12. The van der Waals surface area contributed by atoms with E-state index in [4.69, 9.17) is 0 Å². The highest BCUT2D eigenvalue weighted by molar-refractivity contribution is 5.03. The van der Waals surface area contributed by atoms with Gasteiger partial charge in [0.15, 0.2) is 0 Å². The third kappa shape index (κ3) is 2.55. The maximum atomic E-state index is 2.29. The van der Waals surface area contributed by atoms with Crippen molar-refractivity contribution >= 4 is 0 Å². The SMILES string of the molecule is CC=C(C)C(C)C(C)(C)C. The molecule has 0 aliphatic heterocycles. The second kappa shape index (κ2) is 3.23. The fourth-order valence-corrected chi connectivity index (χ4v) is 0.933. The summed E-state index contributed by atoms with van der Waals surface area (Å²) in [6, 6.07) is 0. The molecule has 0 spiro atoms. The maximum Gasteiger partial charge on any atom is -0.0186 e. The molecule has 0 saturated heterocycles. The van der Waals surface area contributed by atoms with E-state index in [9.17, 15) is 0 Å². The molecule has 0 nitrogen and oxygen atoms in total. The Morgan fingerprint density at radius 2 is 1.70 bits per heavy atom. The standard InChI is InChI=1S/C10H20/c1-7-8(2)9(3)10(4,5)6/h7,9H,1-6H3. The van der Waals surface area contributed by atoms with Crippen molar-refractivity contribution in [3.63, 3.8) is 0 Å². The minimum absolute atomic E-state index is 0.413. The first-order valence-corrected chi connectivity index (χ1v) is 4.02. The fourth-order valence-electron chi connectivity index (χ4n) is 0.933. The summed E-state index contributed by atoms with van der Waals surface area (Å²) in [5, 5.41) is 0. The Hall–Kier alpha value is -0.260. The van der Waals surface area contributed by atoms with Gasteiger partial charge in [-0.05, 0) is 25.2 Å². The van der Waals surface area contributed by atoms with E-state index in [1.165, 1.54) is 5.57 Å². The molecule has 1 atom stereocenters. The Morgan fingerprint density at radius 1 is 1.30 bits per heavy atom. The lowest BCUT2D eigenvalue weighted by Crippen LogP contribution is -2.17. The zero-order valence-electron chi connectivity index (χ0n) is 8.15. The van der Waals surface area contributed by atoms with Gasteiger partial charge in [-0.15, -0.1) is 0 Å². The van der Waals surface area contributed by atoms with Crippen LogP contribution >= 0.6 is 0 Å². The van der Waals surface area contributed by atoms with E-state index in [0.717, 1.165) is 0 Å². The van der Waals surface area contributed by atoms with Crippen LogP contribution in [0.15, 0.2) is 11.6 Å². The van der Waals surface area contributed by atoms with Crippen molar-refractivity contribution in [3.8, 4) is 0 Å². The Bertz CT molecular complexity index is 123. The molecule has 0 saturated carbocycles. The molecule has 0 heteroatoms. The molecule has 0 radical (unpaired) electrons. The second-order valence-electron chi connectivity index (χ2n) is 4.12. The van der Waals surface area contributed by atoms with Gasteiger partial charge in [-0.3, -0.25) is 0 Å². The van der Waals surface area contributed by atoms with Crippen LogP contribution in [0.4, 0.5) is 0 Å². The zero-order valence-corrected chi connectivity index (χ0v) is 8.15. The Morgan fingerprint density at radius 3 is 1.80 bits per heavy atom. The first-order chi connectivity index (χ1) is 4.39. The highest BCUT2D eigenvalue weighted by atomic mass is 14.2. The Labute approximate surface area is 65.3 Å². The molecule has 60 valence electrons. The van der Waals surface area contributed by atoms with Gasteiger partial charge in [-0.2, -0.15) is 0 Å². The van der Waals surface area contributed by atoms with E-state index in [0.29, 0.717) is 11.3 Å². The van der Waals surface area contributed by atoms with Crippen LogP contribution in [-0.2, 0) is 0 Å². The molecular formula is C10H20. The number of hydrogen-bond donors (Lipinski definition) is 0. The molecular weight excluding hydrogens is 120 g/mol. The zero-order chi connectivity index (χ0) is 8.36. The topological polar surface area (TPSA) is 0 Å². The molecule has 0 amide bonds. The lowest BCUT2D eigenvalue weighted by Gasteiger charge is -2.27. The van der Waals surface area contributed by atoms with Crippen LogP contribution in [0.1, 0.15) is 41.5 Å². The quantitative estimate of drug-likeness (QED) is 0.488. The number of hydrogen-bond acceptors (Lipinski definition) is 0. The number of rotatable bonds is 1. The lowest BCUT2D eigenvalue weighted by atomic mass is 9.78. The summed E-state index contributed by atoms with van der Waals surface area (Å²) in [4.78, 5) is 0. The van der Waals surface area contributed by atoms with Crippen molar-refractivity contribution in [1.29, 1.82) is 0 Å². The normalized spacial score (nSPS) is 17.2. The number of allylic oxidation sites excluding steroid dienone is 2. The third-order valence-corrected chi connectivity index (χ3v) is 2.44. The van der Waals surface area contributed by atoms with E-state index >= 15 is 0 Å². The fraction of sp³-hybridized carbons (Fsp3) is 0.800. The highest BCUT2D eigenvalue weighted by Gasteiger charge is 2.20. The summed E-state index contributed by atoms with van der Waals surface area (Å²) in [6.45, 7) is 13.4. The van der Waals surface area contributed by atoms with Crippen LogP contribution in [0.2, 0.25) is 0 Å². The van der Waals surface area contributed by atoms with E-state index in [-0.39, 0.29) is 0 Å². The summed E-state index contributed by atoms with van der Waals surface area (Å²) >= 11 is 0. The predicted molar refractivity (Wildman–Crippen MR) is 48.1 cm³/mol. The van der Waals surface area contributed by atoms with Crippen molar-refractivity contribution in [3.05, 3.63) is 11.6 Å². The molecule has 0 aromatic heterocycles. The molecule has 0 aliphatic rings. The molecule has 0 fully saturated rings. The average Bonchev–Trinajstić information content (AvgIpc) is 1.83. The van der Waals surface area contributed by atoms with Crippen LogP contribution in [0.25, 0.3) is 0 Å². The van der Waals surface area contributed by atoms with Gasteiger partial charge < -0.3 is 0 Å². The molecule has 10 heavy (non-hydrogen) atoms. The van der Waals surface area contributed by atoms with Gasteiger partial charge in [0.25, 0.3) is 0 Å². The molecule has 0 aromatic rings. The molecule has 1 unspecified atom stereocenters. The molecule has 0 rings (SSSR count). The third-order valence-electron chi connectivity index (χ3n) is 2.44. The average molecular weight is 140 g/mol. The summed E-state index contributed by atoms with van der Waals surface area (Å²) < 4.78 is 0. The summed E-state index contributed by atoms with van der Waals surface area (Å²) in [7, 11) is 0. The Kier molecular flexibility index (Phi) is 3.14.